The van der Waals surface area contributed by atoms with Gasteiger partial charge in [0.2, 0.25) is 0 Å². The molecule has 3 aromatic rings. The SMILES string of the molecule is O=C(NC(=S)Nc1ccc(N2CCN(Cc3ccccc3F)CC2)cc1)c1ccccc1Br. The van der Waals surface area contributed by atoms with E-state index in [4.69, 9.17) is 12.2 Å². The molecule has 1 amide bonds. The molecule has 0 aromatic heterocycles. The maximum atomic E-state index is 13.9. The molecule has 0 aliphatic carbocycles. The molecule has 3 aromatic carbocycles. The first kappa shape index (κ1) is 23.4. The van der Waals surface area contributed by atoms with E-state index in [0.717, 1.165) is 43.1 Å². The van der Waals surface area contributed by atoms with Crippen LogP contribution in [0.25, 0.3) is 0 Å². The standard InChI is InChI=1S/C25H24BrFN4OS/c26-22-7-3-2-6-21(22)24(32)29-25(33)28-19-9-11-20(12-10-19)31-15-13-30(14-16-31)17-18-5-1-4-8-23(18)27/h1-12H,13-17H2,(H2,28,29,32,33). The molecule has 1 saturated heterocycles. The van der Waals surface area contributed by atoms with Crippen LogP contribution in [-0.4, -0.2) is 42.1 Å². The molecule has 0 bridgehead atoms. The molecule has 170 valence electrons. The van der Waals surface area contributed by atoms with Crippen LogP contribution in [-0.2, 0) is 6.54 Å². The third kappa shape index (κ3) is 6.16. The maximum Gasteiger partial charge on any atom is 0.258 e. The highest BCUT2D eigenvalue weighted by molar-refractivity contribution is 9.10. The van der Waals surface area contributed by atoms with Crippen molar-refractivity contribution in [3.05, 3.63) is 94.2 Å². The van der Waals surface area contributed by atoms with Crippen LogP contribution in [0.2, 0.25) is 0 Å². The number of carbonyl (C=O) groups is 1. The highest BCUT2D eigenvalue weighted by atomic mass is 79.9. The summed E-state index contributed by atoms with van der Waals surface area (Å²) in [6.45, 7) is 4.13. The highest BCUT2D eigenvalue weighted by Gasteiger charge is 2.18. The number of carbonyl (C=O) groups excluding carboxylic acids is 1. The van der Waals surface area contributed by atoms with Crippen molar-refractivity contribution in [2.45, 2.75) is 6.54 Å². The first-order valence-corrected chi connectivity index (χ1v) is 11.9. The summed E-state index contributed by atoms with van der Waals surface area (Å²) in [6, 6.07) is 22.1. The van der Waals surface area contributed by atoms with Crippen LogP contribution in [0.4, 0.5) is 15.8 Å². The third-order valence-electron chi connectivity index (χ3n) is 5.56. The molecule has 5 nitrogen and oxygen atoms in total. The Morgan fingerprint density at radius 1 is 0.939 bits per heavy atom. The predicted molar refractivity (Wildman–Crippen MR) is 138 cm³/mol. The number of anilines is 2. The molecule has 2 N–H and O–H groups in total. The van der Waals surface area contributed by atoms with Crippen molar-refractivity contribution < 1.29 is 9.18 Å². The Hall–Kier alpha value is -2.81. The summed E-state index contributed by atoms with van der Waals surface area (Å²) >= 11 is 8.66. The summed E-state index contributed by atoms with van der Waals surface area (Å²) in [5.74, 6) is -0.418. The van der Waals surface area contributed by atoms with Crippen LogP contribution in [0.15, 0.2) is 77.3 Å². The smallest absolute Gasteiger partial charge is 0.258 e. The fourth-order valence-corrected chi connectivity index (χ4v) is 4.44. The second-order valence-corrected chi connectivity index (χ2v) is 9.05. The molecule has 8 heteroatoms. The van der Waals surface area contributed by atoms with E-state index in [9.17, 15) is 9.18 Å². The van der Waals surface area contributed by atoms with Crippen LogP contribution >= 0.6 is 28.1 Å². The Balaban J connectivity index is 1.27. The van der Waals surface area contributed by atoms with E-state index in [1.807, 2.05) is 48.5 Å². The van der Waals surface area contributed by atoms with Gasteiger partial charge in [0, 0.05) is 54.1 Å². The molecule has 33 heavy (non-hydrogen) atoms. The molecule has 0 atom stereocenters. The van der Waals surface area contributed by atoms with Crippen molar-refractivity contribution in [1.29, 1.82) is 0 Å². The lowest BCUT2D eigenvalue weighted by molar-refractivity contribution is 0.0977. The van der Waals surface area contributed by atoms with Crippen molar-refractivity contribution in [1.82, 2.24) is 10.2 Å². The second-order valence-electron chi connectivity index (χ2n) is 7.79. The number of nitrogens with one attached hydrogen (secondary N) is 2. The number of rotatable bonds is 5. The summed E-state index contributed by atoms with van der Waals surface area (Å²) in [5.41, 5.74) is 3.18. The van der Waals surface area contributed by atoms with Gasteiger partial charge in [0.25, 0.3) is 5.91 Å². The van der Waals surface area contributed by atoms with Gasteiger partial charge < -0.3 is 10.2 Å². The number of halogens is 2. The minimum absolute atomic E-state index is 0.145. The zero-order chi connectivity index (χ0) is 23.2. The fraction of sp³-hybridized carbons (Fsp3) is 0.200. The third-order valence-corrected chi connectivity index (χ3v) is 6.46. The molecule has 0 spiro atoms. The molecule has 1 fully saturated rings. The van der Waals surface area contributed by atoms with Crippen LogP contribution in [0, 0.1) is 5.82 Å². The number of amides is 1. The minimum atomic E-state index is -0.273. The van der Waals surface area contributed by atoms with Crippen molar-refractivity contribution in [3.8, 4) is 0 Å². The van der Waals surface area contributed by atoms with Gasteiger partial charge in [-0.05, 0) is 70.6 Å². The molecule has 1 aliphatic heterocycles. The predicted octanol–water partition coefficient (Wildman–Crippen LogP) is 5.04. The van der Waals surface area contributed by atoms with Crippen LogP contribution in [0.5, 0.6) is 0 Å². The Bertz CT molecular complexity index is 1130. The van der Waals surface area contributed by atoms with Crippen LogP contribution in [0.1, 0.15) is 15.9 Å². The van der Waals surface area contributed by atoms with Crippen molar-refractivity contribution in [3.63, 3.8) is 0 Å². The zero-order valence-corrected chi connectivity index (χ0v) is 20.3. The van der Waals surface area contributed by atoms with Gasteiger partial charge in [-0.25, -0.2) is 4.39 Å². The average molecular weight is 527 g/mol. The van der Waals surface area contributed by atoms with E-state index in [1.54, 1.807) is 18.2 Å². The minimum Gasteiger partial charge on any atom is -0.369 e. The van der Waals surface area contributed by atoms with Gasteiger partial charge in [0.1, 0.15) is 5.82 Å². The number of hydrogen-bond donors (Lipinski definition) is 2. The molecule has 0 saturated carbocycles. The quantitative estimate of drug-likeness (QED) is 0.456. The fourth-order valence-electron chi connectivity index (χ4n) is 3.77. The molecular formula is C25H24BrFN4OS. The lowest BCUT2D eigenvalue weighted by atomic mass is 10.1. The number of piperazine rings is 1. The van der Waals surface area contributed by atoms with Crippen LogP contribution in [0.3, 0.4) is 0 Å². The van der Waals surface area contributed by atoms with Gasteiger partial charge in [0.15, 0.2) is 5.11 Å². The maximum absolute atomic E-state index is 13.9. The Morgan fingerprint density at radius 2 is 1.61 bits per heavy atom. The largest absolute Gasteiger partial charge is 0.369 e. The van der Waals surface area contributed by atoms with Gasteiger partial charge in [-0.3, -0.25) is 15.0 Å². The van der Waals surface area contributed by atoms with E-state index in [2.05, 4.69) is 36.4 Å². The van der Waals surface area contributed by atoms with E-state index in [-0.39, 0.29) is 16.8 Å². The number of nitrogens with zero attached hydrogens (tertiary/aromatic N) is 2. The first-order valence-electron chi connectivity index (χ1n) is 10.7. The summed E-state index contributed by atoms with van der Waals surface area (Å²) in [5, 5.41) is 6.00. The summed E-state index contributed by atoms with van der Waals surface area (Å²) in [7, 11) is 0. The highest BCUT2D eigenvalue weighted by Crippen LogP contribution is 2.21. The molecule has 0 radical (unpaired) electrons. The number of benzene rings is 3. The topological polar surface area (TPSA) is 47.6 Å². The van der Waals surface area contributed by atoms with E-state index in [1.165, 1.54) is 6.07 Å². The van der Waals surface area contributed by atoms with Gasteiger partial charge in [-0.15, -0.1) is 0 Å². The van der Waals surface area contributed by atoms with Crippen molar-refractivity contribution in [2.75, 3.05) is 36.4 Å². The summed E-state index contributed by atoms with van der Waals surface area (Å²) in [4.78, 5) is 17.0. The molecule has 4 rings (SSSR count). The van der Waals surface area contributed by atoms with E-state index in [0.29, 0.717) is 16.6 Å². The van der Waals surface area contributed by atoms with Crippen molar-refractivity contribution >= 4 is 50.5 Å². The van der Waals surface area contributed by atoms with Crippen molar-refractivity contribution in [2.24, 2.45) is 0 Å². The van der Waals surface area contributed by atoms with Gasteiger partial charge >= 0.3 is 0 Å². The normalized spacial score (nSPS) is 14.1. The molecule has 0 unspecified atom stereocenters. The van der Waals surface area contributed by atoms with Gasteiger partial charge in [-0.1, -0.05) is 30.3 Å². The summed E-state index contributed by atoms with van der Waals surface area (Å²) < 4.78 is 14.6. The van der Waals surface area contributed by atoms with E-state index >= 15 is 0 Å². The lowest BCUT2D eigenvalue weighted by Gasteiger charge is -2.36. The van der Waals surface area contributed by atoms with Gasteiger partial charge in [-0.2, -0.15) is 0 Å². The Morgan fingerprint density at radius 3 is 2.30 bits per heavy atom. The first-order chi connectivity index (χ1) is 16.0. The Kier molecular flexibility index (Phi) is 7.69. The molecule has 1 heterocycles. The second kappa shape index (κ2) is 10.9. The number of hydrogen-bond acceptors (Lipinski definition) is 4. The average Bonchev–Trinajstić information content (AvgIpc) is 2.82. The molecular weight excluding hydrogens is 503 g/mol. The lowest BCUT2D eigenvalue weighted by Crippen LogP contribution is -2.46. The molecule has 1 aliphatic rings. The Labute approximate surface area is 206 Å². The van der Waals surface area contributed by atoms with E-state index < -0.39 is 0 Å². The summed E-state index contributed by atoms with van der Waals surface area (Å²) in [6.07, 6.45) is 0. The number of thiocarbonyl (C=S) groups is 1. The zero-order valence-electron chi connectivity index (χ0n) is 17.9. The monoisotopic (exact) mass is 526 g/mol. The van der Waals surface area contributed by atoms with Crippen LogP contribution < -0.4 is 15.5 Å². The van der Waals surface area contributed by atoms with Gasteiger partial charge in [0.05, 0.1) is 5.56 Å².